The average molecular weight is 376 g/mol. The van der Waals surface area contributed by atoms with E-state index in [9.17, 15) is 13.2 Å². The Morgan fingerprint density at radius 3 is 2.48 bits per heavy atom. The first-order chi connectivity index (χ1) is 12.9. The van der Waals surface area contributed by atoms with Gasteiger partial charge in [0.2, 0.25) is 5.95 Å². The van der Waals surface area contributed by atoms with Gasteiger partial charge in [0, 0.05) is 6.54 Å². The van der Waals surface area contributed by atoms with E-state index in [0.717, 1.165) is 11.8 Å². The van der Waals surface area contributed by atoms with Gasteiger partial charge in [-0.05, 0) is 54.4 Å². The number of nitrogens with zero attached hydrogens (tertiary/aromatic N) is 5. The molecule has 27 heavy (non-hydrogen) atoms. The maximum absolute atomic E-state index is 13.0. The van der Waals surface area contributed by atoms with Crippen molar-refractivity contribution in [2.45, 2.75) is 12.2 Å². The van der Waals surface area contributed by atoms with Crippen LogP contribution >= 0.6 is 0 Å². The summed E-state index contributed by atoms with van der Waals surface area (Å²) < 4.78 is 40.6. The van der Waals surface area contributed by atoms with E-state index in [1.807, 2.05) is 49.3 Å². The second-order valence-electron chi connectivity index (χ2n) is 6.23. The first-order valence-electron chi connectivity index (χ1n) is 8.27. The van der Waals surface area contributed by atoms with Crippen LogP contribution in [0.2, 0.25) is 0 Å². The molecule has 0 aliphatic rings. The van der Waals surface area contributed by atoms with Gasteiger partial charge in [0.05, 0.1) is 17.3 Å². The summed E-state index contributed by atoms with van der Waals surface area (Å²) in [5, 5.41) is 14.7. The standard InChI is InChI=1S/C18H19F3N6/c1-26(2)16(13-7-6-8-14(11-13)18(19,20)21)12-22-17-23-24-25-27(17)15-9-4-3-5-10-15/h3-11,16H,12H2,1-2H3,(H,22,23,25). The molecule has 1 heterocycles. The van der Waals surface area contributed by atoms with E-state index in [2.05, 4.69) is 20.8 Å². The lowest BCUT2D eigenvalue weighted by atomic mass is 10.0. The van der Waals surface area contributed by atoms with Crippen LogP contribution in [0.4, 0.5) is 19.1 Å². The Balaban J connectivity index is 1.81. The first-order valence-corrected chi connectivity index (χ1v) is 8.27. The predicted molar refractivity (Wildman–Crippen MR) is 95.5 cm³/mol. The molecule has 142 valence electrons. The maximum atomic E-state index is 13.0. The van der Waals surface area contributed by atoms with E-state index >= 15 is 0 Å². The molecule has 0 aliphatic heterocycles. The van der Waals surface area contributed by atoms with E-state index in [0.29, 0.717) is 18.1 Å². The van der Waals surface area contributed by atoms with Crippen LogP contribution < -0.4 is 5.32 Å². The number of alkyl halides is 3. The summed E-state index contributed by atoms with van der Waals surface area (Å²) in [6.07, 6.45) is -4.38. The van der Waals surface area contributed by atoms with Crippen LogP contribution in [0.25, 0.3) is 5.69 Å². The molecule has 0 amide bonds. The molecule has 0 fully saturated rings. The largest absolute Gasteiger partial charge is 0.416 e. The Morgan fingerprint density at radius 1 is 1.07 bits per heavy atom. The second kappa shape index (κ2) is 7.75. The fraction of sp³-hybridized carbons (Fsp3) is 0.278. The molecular weight excluding hydrogens is 357 g/mol. The molecule has 0 radical (unpaired) electrons. The van der Waals surface area contributed by atoms with Crippen molar-refractivity contribution in [3.8, 4) is 5.69 Å². The number of para-hydroxylation sites is 1. The summed E-state index contributed by atoms with van der Waals surface area (Å²) in [5.74, 6) is 0.417. The third-order valence-corrected chi connectivity index (χ3v) is 4.15. The molecule has 6 nitrogen and oxygen atoms in total. The summed E-state index contributed by atoms with van der Waals surface area (Å²) in [6, 6.07) is 14.4. The number of anilines is 1. The zero-order valence-corrected chi connectivity index (χ0v) is 14.9. The Hall–Kier alpha value is -2.94. The molecule has 0 aliphatic carbocycles. The number of hydrogen-bond acceptors (Lipinski definition) is 5. The van der Waals surface area contributed by atoms with Crippen LogP contribution in [0, 0.1) is 0 Å². The lowest BCUT2D eigenvalue weighted by Gasteiger charge is -2.26. The Bertz CT molecular complexity index is 876. The number of halogens is 3. The van der Waals surface area contributed by atoms with Crippen LogP contribution in [0.5, 0.6) is 0 Å². The Kier molecular flexibility index (Phi) is 5.41. The summed E-state index contributed by atoms with van der Waals surface area (Å²) in [6.45, 7) is 0.335. The highest BCUT2D eigenvalue weighted by atomic mass is 19.4. The van der Waals surface area contributed by atoms with E-state index in [4.69, 9.17) is 0 Å². The molecule has 3 aromatic rings. The second-order valence-corrected chi connectivity index (χ2v) is 6.23. The molecule has 0 saturated carbocycles. The number of rotatable bonds is 6. The number of hydrogen-bond donors (Lipinski definition) is 1. The number of nitrogens with one attached hydrogen (secondary N) is 1. The van der Waals surface area contributed by atoms with E-state index in [1.54, 1.807) is 10.7 Å². The maximum Gasteiger partial charge on any atom is 0.416 e. The number of aromatic nitrogens is 4. The highest BCUT2D eigenvalue weighted by molar-refractivity contribution is 5.39. The number of benzene rings is 2. The van der Waals surface area contributed by atoms with E-state index in [1.165, 1.54) is 12.1 Å². The van der Waals surface area contributed by atoms with Crippen LogP contribution in [-0.4, -0.2) is 45.7 Å². The van der Waals surface area contributed by atoms with Crippen molar-refractivity contribution in [1.82, 2.24) is 25.1 Å². The summed E-state index contributed by atoms with van der Waals surface area (Å²) >= 11 is 0. The van der Waals surface area contributed by atoms with Crippen LogP contribution in [0.15, 0.2) is 54.6 Å². The predicted octanol–water partition coefficient (Wildman–Crippen LogP) is 3.40. The molecule has 3 rings (SSSR count). The van der Waals surface area contributed by atoms with Crippen LogP contribution in [-0.2, 0) is 6.18 Å². The van der Waals surface area contributed by atoms with Crippen molar-refractivity contribution < 1.29 is 13.2 Å². The fourth-order valence-electron chi connectivity index (χ4n) is 2.75. The van der Waals surface area contributed by atoms with Gasteiger partial charge in [0.15, 0.2) is 0 Å². The van der Waals surface area contributed by atoms with Gasteiger partial charge in [-0.15, -0.1) is 0 Å². The van der Waals surface area contributed by atoms with Crippen molar-refractivity contribution in [3.05, 3.63) is 65.7 Å². The van der Waals surface area contributed by atoms with Crippen molar-refractivity contribution in [2.24, 2.45) is 0 Å². The molecule has 0 saturated heterocycles. The van der Waals surface area contributed by atoms with Gasteiger partial charge in [-0.2, -0.15) is 17.9 Å². The summed E-state index contributed by atoms with van der Waals surface area (Å²) in [7, 11) is 3.62. The molecule has 0 spiro atoms. The van der Waals surface area contributed by atoms with E-state index < -0.39 is 11.7 Å². The minimum Gasteiger partial charge on any atom is -0.351 e. The zero-order valence-electron chi connectivity index (χ0n) is 14.9. The molecular formula is C18H19F3N6. The van der Waals surface area contributed by atoms with Gasteiger partial charge in [-0.1, -0.05) is 35.4 Å². The first kappa shape index (κ1) is 18.8. The van der Waals surface area contributed by atoms with Gasteiger partial charge >= 0.3 is 6.18 Å². The average Bonchev–Trinajstić information content (AvgIpc) is 3.10. The highest BCUT2D eigenvalue weighted by Gasteiger charge is 2.31. The lowest BCUT2D eigenvalue weighted by molar-refractivity contribution is -0.137. The van der Waals surface area contributed by atoms with Gasteiger partial charge in [-0.3, -0.25) is 0 Å². The van der Waals surface area contributed by atoms with E-state index in [-0.39, 0.29) is 6.04 Å². The molecule has 9 heteroatoms. The third kappa shape index (κ3) is 4.43. The molecule has 1 aromatic heterocycles. The molecule has 0 bridgehead atoms. The van der Waals surface area contributed by atoms with Gasteiger partial charge < -0.3 is 10.2 Å². The van der Waals surface area contributed by atoms with Gasteiger partial charge in [-0.25, -0.2) is 0 Å². The smallest absolute Gasteiger partial charge is 0.351 e. The highest BCUT2D eigenvalue weighted by Crippen LogP contribution is 2.31. The topological polar surface area (TPSA) is 58.9 Å². The number of tetrazole rings is 1. The van der Waals surface area contributed by atoms with Crippen molar-refractivity contribution in [3.63, 3.8) is 0 Å². The quantitative estimate of drug-likeness (QED) is 0.715. The lowest BCUT2D eigenvalue weighted by Crippen LogP contribution is -2.28. The van der Waals surface area contributed by atoms with Crippen molar-refractivity contribution in [2.75, 3.05) is 26.0 Å². The molecule has 2 aromatic carbocycles. The van der Waals surface area contributed by atoms with Crippen molar-refractivity contribution in [1.29, 1.82) is 0 Å². The SMILES string of the molecule is CN(C)C(CNc1nnnn1-c1ccccc1)c1cccc(C(F)(F)F)c1. The van der Waals surface area contributed by atoms with Gasteiger partial charge in [0.25, 0.3) is 0 Å². The minimum absolute atomic E-state index is 0.298. The Labute approximate surface area is 154 Å². The van der Waals surface area contributed by atoms with Crippen LogP contribution in [0.1, 0.15) is 17.2 Å². The molecule has 1 unspecified atom stereocenters. The number of likely N-dealkylation sites (N-methyl/N-ethyl adjacent to an activating group) is 1. The molecule has 1 N–H and O–H groups in total. The molecule has 1 atom stereocenters. The third-order valence-electron chi connectivity index (χ3n) is 4.15. The summed E-state index contributed by atoms with van der Waals surface area (Å²) in [4.78, 5) is 1.85. The fourth-order valence-corrected chi connectivity index (χ4v) is 2.75. The summed E-state index contributed by atoms with van der Waals surface area (Å²) in [5.41, 5.74) is 0.674. The van der Waals surface area contributed by atoms with Gasteiger partial charge in [0.1, 0.15) is 0 Å². The zero-order chi connectivity index (χ0) is 19.4. The monoisotopic (exact) mass is 376 g/mol. The Morgan fingerprint density at radius 2 is 1.81 bits per heavy atom. The van der Waals surface area contributed by atoms with Crippen molar-refractivity contribution >= 4 is 5.95 Å². The van der Waals surface area contributed by atoms with Crippen LogP contribution in [0.3, 0.4) is 0 Å². The normalized spacial score (nSPS) is 13.0. The minimum atomic E-state index is -4.38.